The van der Waals surface area contributed by atoms with Crippen LogP contribution >= 0.6 is 0 Å². The van der Waals surface area contributed by atoms with E-state index in [4.69, 9.17) is 5.26 Å². The lowest BCUT2D eigenvalue weighted by atomic mass is 10.0. The van der Waals surface area contributed by atoms with Gasteiger partial charge < -0.3 is 10.6 Å². The quantitative estimate of drug-likeness (QED) is 0.862. The summed E-state index contributed by atoms with van der Waals surface area (Å²) in [5.74, 6) is -3.87. The van der Waals surface area contributed by atoms with E-state index in [2.05, 4.69) is 10.6 Å². The highest BCUT2D eigenvalue weighted by atomic mass is 19.1. The van der Waals surface area contributed by atoms with E-state index in [0.717, 1.165) is 18.2 Å². The van der Waals surface area contributed by atoms with Gasteiger partial charge in [-0.2, -0.15) is 5.26 Å². The summed E-state index contributed by atoms with van der Waals surface area (Å²) in [6.45, 7) is 3.39. The van der Waals surface area contributed by atoms with Gasteiger partial charge in [0.25, 0.3) is 5.91 Å². The van der Waals surface area contributed by atoms with Gasteiger partial charge in [-0.15, -0.1) is 0 Å². The smallest absolute Gasteiger partial charge is 0.257 e. The van der Waals surface area contributed by atoms with E-state index < -0.39 is 35.1 Å². The van der Waals surface area contributed by atoms with Gasteiger partial charge in [-0.05, 0) is 42.3 Å². The van der Waals surface area contributed by atoms with Gasteiger partial charge in [0.2, 0.25) is 5.91 Å². The summed E-state index contributed by atoms with van der Waals surface area (Å²) < 4.78 is 27.5. The Morgan fingerprint density at radius 1 is 1.04 bits per heavy atom. The molecule has 0 aliphatic heterocycles. The summed E-state index contributed by atoms with van der Waals surface area (Å²) in [4.78, 5) is 24.7. The highest BCUT2D eigenvalue weighted by molar-refractivity contribution is 6.01. The monoisotopic (exact) mass is 357 g/mol. The third-order valence-electron chi connectivity index (χ3n) is 3.71. The average Bonchev–Trinajstić information content (AvgIpc) is 2.59. The molecule has 2 N–H and O–H groups in total. The number of hydrogen-bond donors (Lipinski definition) is 2. The number of nitrogens with zero attached hydrogens (tertiary/aromatic N) is 1. The van der Waals surface area contributed by atoms with Crippen molar-refractivity contribution in [3.8, 4) is 6.07 Å². The van der Waals surface area contributed by atoms with Gasteiger partial charge in [-0.25, -0.2) is 8.78 Å². The molecule has 0 heterocycles. The fraction of sp³-hybridized carbons (Fsp3) is 0.211. The summed E-state index contributed by atoms with van der Waals surface area (Å²) in [6.07, 6.45) is 0. The van der Waals surface area contributed by atoms with Crippen LogP contribution in [0.1, 0.15) is 29.8 Å². The topological polar surface area (TPSA) is 82.0 Å². The van der Waals surface area contributed by atoms with Gasteiger partial charge in [0.15, 0.2) is 0 Å². The van der Waals surface area contributed by atoms with E-state index in [1.54, 1.807) is 26.0 Å². The molecule has 0 unspecified atom stereocenters. The lowest BCUT2D eigenvalue weighted by Gasteiger charge is -2.22. The molecule has 2 aromatic carbocycles. The molecule has 0 spiro atoms. The first-order valence-corrected chi connectivity index (χ1v) is 7.89. The molecule has 7 heteroatoms. The zero-order chi connectivity index (χ0) is 19.3. The van der Waals surface area contributed by atoms with Crippen LogP contribution in [0, 0.1) is 28.9 Å². The first-order chi connectivity index (χ1) is 12.3. The van der Waals surface area contributed by atoms with Crippen molar-refractivity contribution >= 4 is 17.5 Å². The minimum Gasteiger partial charge on any atom is -0.340 e. The van der Waals surface area contributed by atoms with Crippen molar-refractivity contribution in [1.82, 2.24) is 5.32 Å². The zero-order valence-corrected chi connectivity index (χ0v) is 14.2. The van der Waals surface area contributed by atoms with Crippen molar-refractivity contribution in [2.24, 2.45) is 5.92 Å². The molecule has 26 heavy (non-hydrogen) atoms. The molecule has 0 saturated carbocycles. The van der Waals surface area contributed by atoms with Crippen LogP contribution in [0.15, 0.2) is 42.5 Å². The predicted octanol–water partition coefficient (Wildman–Crippen LogP) is 3.23. The molecule has 0 saturated heterocycles. The summed E-state index contributed by atoms with van der Waals surface area (Å²) in [5, 5.41) is 13.8. The minimum absolute atomic E-state index is 0.327. The van der Waals surface area contributed by atoms with E-state index in [9.17, 15) is 18.4 Å². The molecule has 1 atom stereocenters. The summed E-state index contributed by atoms with van der Waals surface area (Å²) in [7, 11) is 0. The molecule has 0 aliphatic carbocycles. The molecule has 0 aliphatic rings. The number of anilines is 1. The van der Waals surface area contributed by atoms with E-state index >= 15 is 0 Å². The van der Waals surface area contributed by atoms with Gasteiger partial charge in [0, 0.05) is 5.69 Å². The largest absolute Gasteiger partial charge is 0.340 e. The fourth-order valence-electron chi connectivity index (χ4n) is 2.31. The Labute approximate surface area is 149 Å². The second kappa shape index (κ2) is 8.21. The van der Waals surface area contributed by atoms with E-state index in [-0.39, 0.29) is 5.92 Å². The van der Waals surface area contributed by atoms with Crippen LogP contribution in [0.5, 0.6) is 0 Å². The van der Waals surface area contributed by atoms with Gasteiger partial charge >= 0.3 is 0 Å². The Bertz CT molecular complexity index is 838. The van der Waals surface area contributed by atoms with E-state index in [1.165, 1.54) is 12.1 Å². The van der Waals surface area contributed by atoms with Crippen LogP contribution in [-0.2, 0) is 4.79 Å². The first kappa shape index (κ1) is 19.1. The van der Waals surface area contributed by atoms with Crippen molar-refractivity contribution in [3.63, 3.8) is 0 Å². The molecule has 2 aromatic rings. The van der Waals surface area contributed by atoms with Crippen molar-refractivity contribution < 1.29 is 18.4 Å². The Morgan fingerprint density at radius 2 is 1.62 bits per heavy atom. The molecule has 134 valence electrons. The predicted molar refractivity (Wildman–Crippen MR) is 92.2 cm³/mol. The summed E-state index contributed by atoms with van der Waals surface area (Å²) in [5.41, 5.74) is 0.141. The zero-order valence-electron chi connectivity index (χ0n) is 14.2. The van der Waals surface area contributed by atoms with Crippen LogP contribution in [0.25, 0.3) is 0 Å². The third kappa shape index (κ3) is 4.42. The standard InChI is InChI=1S/C19H17F2N3O2/c1-11(2)17(19(26)23-13-8-6-12(10-22)7-9-13)24-18(25)16-14(20)4-3-5-15(16)21/h3-9,11,17H,1-2H3,(H,23,26)(H,24,25)/t17-/m1/s1. The lowest BCUT2D eigenvalue weighted by molar-refractivity contribution is -0.118. The maximum Gasteiger partial charge on any atom is 0.257 e. The molecular formula is C19H17F2N3O2. The molecule has 0 fully saturated rings. The molecular weight excluding hydrogens is 340 g/mol. The number of halogens is 2. The average molecular weight is 357 g/mol. The number of benzene rings is 2. The number of carbonyl (C=O) groups excluding carboxylic acids is 2. The van der Waals surface area contributed by atoms with Gasteiger partial charge in [-0.1, -0.05) is 19.9 Å². The number of nitrogens with one attached hydrogen (secondary N) is 2. The van der Waals surface area contributed by atoms with Crippen LogP contribution in [0.3, 0.4) is 0 Å². The lowest BCUT2D eigenvalue weighted by Crippen LogP contribution is -2.47. The highest BCUT2D eigenvalue weighted by Crippen LogP contribution is 2.15. The van der Waals surface area contributed by atoms with Crippen molar-refractivity contribution in [1.29, 1.82) is 5.26 Å². The Hall–Kier alpha value is -3.27. The van der Waals surface area contributed by atoms with Crippen LogP contribution in [-0.4, -0.2) is 17.9 Å². The van der Waals surface area contributed by atoms with E-state index in [0.29, 0.717) is 11.3 Å². The van der Waals surface area contributed by atoms with Crippen LogP contribution in [0.4, 0.5) is 14.5 Å². The first-order valence-electron chi connectivity index (χ1n) is 7.89. The SMILES string of the molecule is CC(C)[C@@H](NC(=O)c1c(F)cccc1F)C(=O)Nc1ccc(C#N)cc1. The number of rotatable bonds is 5. The second-order valence-electron chi connectivity index (χ2n) is 5.97. The normalized spacial score (nSPS) is 11.5. The van der Waals surface area contributed by atoms with Gasteiger partial charge in [0.1, 0.15) is 23.2 Å². The minimum atomic E-state index is -1.01. The molecule has 2 amide bonds. The maximum absolute atomic E-state index is 13.7. The molecule has 2 rings (SSSR count). The molecule has 0 bridgehead atoms. The molecule has 0 radical (unpaired) electrons. The Morgan fingerprint density at radius 3 is 2.12 bits per heavy atom. The summed E-state index contributed by atoms with van der Waals surface area (Å²) in [6, 6.07) is 10.2. The highest BCUT2D eigenvalue weighted by Gasteiger charge is 2.27. The van der Waals surface area contributed by atoms with E-state index in [1.807, 2.05) is 6.07 Å². The number of carbonyl (C=O) groups is 2. The number of hydrogen-bond acceptors (Lipinski definition) is 3. The van der Waals surface area contributed by atoms with Crippen molar-refractivity contribution in [2.75, 3.05) is 5.32 Å². The maximum atomic E-state index is 13.7. The summed E-state index contributed by atoms with van der Waals surface area (Å²) >= 11 is 0. The van der Waals surface area contributed by atoms with Gasteiger partial charge in [0.05, 0.1) is 11.6 Å². The Kier molecular flexibility index (Phi) is 6.02. The van der Waals surface area contributed by atoms with Crippen molar-refractivity contribution in [3.05, 3.63) is 65.2 Å². The Balaban J connectivity index is 2.16. The van der Waals surface area contributed by atoms with Crippen molar-refractivity contribution in [2.45, 2.75) is 19.9 Å². The van der Waals surface area contributed by atoms with Gasteiger partial charge in [-0.3, -0.25) is 9.59 Å². The fourth-order valence-corrected chi connectivity index (χ4v) is 2.31. The van der Waals surface area contributed by atoms with Crippen LogP contribution < -0.4 is 10.6 Å². The second-order valence-corrected chi connectivity index (χ2v) is 5.97. The third-order valence-corrected chi connectivity index (χ3v) is 3.71. The number of amides is 2. The molecule has 0 aromatic heterocycles. The number of nitriles is 1. The molecule has 5 nitrogen and oxygen atoms in total. The van der Waals surface area contributed by atoms with Crippen LogP contribution in [0.2, 0.25) is 0 Å².